The van der Waals surface area contributed by atoms with E-state index in [0.29, 0.717) is 31.7 Å². The molecule has 0 spiro atoms. The minimum Gasteiger partial charge on any atom is -0.465 e. The Balaban J connectivity index is 0.00000124. The molecular weight excluding hydrogens is 494 g/mol. The molecule has 0 fully saturated rings. The molecule has 0 aliphatic rings. The molecule has 0 saturated carbocycles. The van der Waals surface area contributed by atoms with Crippen LogP contribution in [0.1, 0.15) is 61.4 Å². The fourth-order valence-corrected chi connectivity index (χ4v) is 3.47. The van der Waals surface area contributed by atoms with Crippen molar-refractivity contribution in [2.45, 2.75) is 58.8 Å². The van der Waals surface area contributed by atoms with Gasteiger partial charge in [0, 0.05) is 24.2 Å². The number of nitrogens with one attached hydrogen (secondary N) is 1. The highest BCUT2D eigenvalue weighted by Crippen LogP contribution is 2.22. The monoisotopic (exact) mass is 537 g/mol. The molecule has 0 amide bonds. The lowest BCUT2D eigenvalue weighted by atomic mass is 10.0. The first-order chi connectivity index (χ1) is 17.4. The average Bonchev–Trinajstić information content (AvgIpc) is 2.78. The minimum absolute atomic E-state index is 0.177. The summed E-state index contributed by atoms with van der Waals surface area (Å²) in [5.74, 6) is 0.928. The second-order valence-corrected chi connectivity index (χ2v) is 10.7. The summed E-state index contributed by atoms with van der Waals surface area (Å²) in [5, 5.41) is 3.43. The zero-order valence-corrected chi connectivity index (χ0v) is 23.6. The summed E-state index contributed by atoms with van der Waals surface area (Å²) in [5.41, 5.74) is 9.91. The molecule has 1 aromatic carbocycles. The molecule has 208 valence electrons. The van der Waals surface area contributed by atoms with E-state index < -0.39 is 10.1 Å². The summed E-state index contributed by atoms with van der Waals surface area (Å²) in [7, 11) is 0.421. The van der Waals surface area contributed by atoms with E-state index >= 15 is 0 Å². The number of nitrogens with zero attached hydrogens (tertiary/aromatic N) is 3. The number of unbranched alkanes of at least 4 members (excludes halogenated alkanes) is 3. The van der Waals surface area contributed by atoms with Crippen LogP contribution >= 0.6 is 0 Å². The summed E-state index contributed by atoms with van der Waals surface area (Å²) in [6.07, 6.45) is 7.09. The molecule has 1 aromatic heterocycles. The third kappa shape index (κ3) is 15.9. The van der Waals surface area contributed by atoms with E-state index in [1.165, 1.54) is 12.8 Å². The highest BCUT2D eigenvalue weighted by molar-refractivity contribution is 7.85. The van der Waals surface area contributed by atoms with Gasteiger partial charge in [-0.3, -0.25) is 9.35 Å². The Morgan fingerprint density at radius 3 is 2.30 bits per heavy atom. The molecule has 4 N–H and O–H groups in total. The third-order valence-corrected chi connectivity index (χ3v) is 5.32. The Labute approximate surface area is 221 Å². The zero-order valence-electron chi connectivity index (χ0n) is 22.8. The number of hydrogen-bond donors (Lipinski definition) is 3. The molecule has 1 heterocycles. The van der Waals surface area contributed by atoms with Crippen molar-refractivity contribution >= 4 is 27.9 Å². The molecule has 0 saturated heterocycles. The Morgan fingerprint density at radius 1 is 1.08 bits per heavy atom. The topological polar surface area (TPSA) is 148 Å². The molecule has 37 heavy (non-hydrogen) atoms. The van der Waals surface area contributed by atoms with Crippen LogP contribution < -0.4 is 11.1 Å². The van der Waals surface area contributed by atoms with E-state index in [1.807, 2.05) is 33.2 Å². The van der Waals surface area contributed by atoms with Gasteiger partial charge in [0.25, 0.3) is 10.1 Å². The maximum Gasteiger partial charge on any atom is 0.310 e. The molecule has 11 heteroatoms. The van der Waals surface area contributed by atoms with Gasteiger partial charge < -0.3 is 20.7 Å². The van der Waals surface area contributed by atoms with Gasteiger partial charge in [0.15, 0.2) is 0 Å². The zero-order chi connectivity index (χ0) is 27.8. The lowest BCUT2D eigenvalue weighted by Gasteiger charge is -2.14. The number of nitrogens with two attached hydrogens (primary N) is 1. The van der Waals surface area contributed by atoms with Crippen molar-refractivity contribution in [3.63, 3.8) is 0 Å². The van der Waals surface area contributed by atoms with Gasteiger partial charge in [-0.1, -0.05) is 44.0 Å². The summed E-state index contributed by atoms with van der Waals surface area (Å²) in [6, 6.07) is 8.08. The van der Waals surface area contributed by atoms with Gasteiger partial charge in [-0.05, 0) is 58.0 Å². The number of esters is 1. The highest BCUT2D eigenvalue weighted by Gasteiger charge is 2.12. The normalized spacial score (nSPS) is 11.1. The van der Waals surface area contributed by atoms with Crippen LogP contribution in [0.25, 0.3) is 0 Å². The largest absolute Gasteiger partial charge is 0.465 e. The number of anilines is 2. The number of rotatable bonds is 14. The number of aromatic nitrogens is 2. The maximum absolute atomic E-state index is 12.1. The van der Waals surface area contributed by atoms with E-state index in [0.717, 1.165) is 60.6 Å². The van der Waals surface area contributed by atoms with Crippen LogP contribution in [0.3, 0.4) is 0 Å². The summed E-state index contributed by atoms with van der Waals surface area (Å²) in [4.78, 5) is 23.0. The summed E-state index contributed by atoms with van der Waals surface area (Å²) in [6.45, 7) is 6.51. The van der Waals surface area contributed by atoms with E-state index in [2.05, 4.69) is 39.2 Å². The van der Waals surface area contributed by atoms with Crippen molar-refractivity contribution < 1.29 is 22.5 Å². The average molecular weight is 538 g/mol. The van der Waals surface area contributed by atoms with Crippen molar-refractivity contribution in [2.24, 2.45) is 0 Å². The molecule has 0 aliphatic heterocycles. The Bertz CT molecular complexity index is 1050. The first kappa shape index (κ1) is 32.3. The third-order valence-electron chi connectivity index (χ3n) is 5.32. The van der Waals surface area contributed by atoms with Crippen molar-refractivity contribution in [1.82, 2.24) is 14.9 Å². The van der Waals surface area contributed by atoms with Gasteiger partial charge in [0.05, 0.1) is 19.3 Å². The standard InChI is InChI=1S/C25H39N5O2.CH4O3S/c1-5-6-7-14-27-24-22(19(2)28-25(26)29-24)17-20-10-12-21(13-11-20)18-23(31)32-16-9-8-15-30(3)4;1-5(2,3)4/h10-13H,5-9,14-18H2,1-4H3,(H3,26,27,28,29);1H3,(H,2,3,4). The van der Waals surface area contributed by atoms with Crippen LogP contribution in [-0.2, 0) is 32.5 Å². The molecule has 0 aliphatic carbocycles. The summed E-state index contributed by atoms with van der Waals surface area (Å²) < 4.78 is 31.2. The number of aryl methyl sites for hydroxylation is 1. The number of ether oxygens (including phenoxy) is 1. The quantitative estimate of drug-likeness (QED) is 0.186. The van der Waals surface area contributed by atoms with Gasteiger partial charge in [-0.2, -0.15) is 13.4 Å². The molecule has 0 radical (unpaired) electrons. The predicted molar refractivity (Wildman–Crippen MR) is 148 cm³/mol. The van der Waals surface area contributed by atoms with Crippen LogP contribution in [0.15, 0.2) is 24.3 Å². The van der Waals surface area contributed by atoms with Gasteiger partial charge in [0.2, 0.25) is 5.95 Å². The molecule has 0 atom stereocenters. The summed E-state index contributed by atoms with van der Waals surface area (Å²) >= 11 is 0. The molecule has 10 nitrogen and oxygen atoms in total. The number of hydrogen-bond acceptors (Lipinski definition) is 9. The minimum atomic E-state index is -3.67. The van der Waals surface area contributed by atoms with Crippen molar-refractivity contribution in [1.29, 1.82) is 0 Å². The fraction of sp³-hybridized carbons (Fsp3) is 0.577. The lowest BCUT2D eigenvalue weighted by Crippen LogP contribution is -2.14. The van der Waals surface area contributed by atoms with Crippen LogP contribution in [0.2, 0.25) is 0 Å². The number of benzene rings is 1. The van der Waals surface area contributed by atoms with Crippen LogP contribution in [0.5, 0.6) is 0 Å². The van der Waals surface area contributed by atoms with E-state index in [9.17, 15) is 13.2 Å². The number of carbonyl (C=O) groups excluding carboxylic acids is 1. The van der Waals surface area contributed by atoms with Gasteiger partial charge in [0.1, 0.15) is 5.82 Å². The predicted octanol–water partition coefficient (Wildman–Crippen LogP) is 3.49. The van der Waals surface area contributed by atoms with E-state index in [1.54, 1.807) is 0 Å². The van der Waals surface area contributed by atoms with Crippen molar-refractivity contribution in [3.05, 3.63) is 46.6 Å². The van der Waals surface area contributed by atoms with Gasteiger partial charge in [-0.25, -0.2) is 4.98 Å². The lowest BCUT2D eigenvalue weighted by molar-refractivity contribution is -0.142. The molecule has 2 aromatic rings. The second kappa shape index (κ2) is 16.9. The maximum atomic E-state index is 12.1. The Hall–Kier alpha value is -2.76. The number of nitrogen functional groups attached to an aromatic ring is 1. The Kier molecular flexibility index (Phi) is 14.7. The molecular formula is C26H43N5O5S. The molecule has 2 rings (SSSR count). The van der Waals surface area contributed by atoms with E-state index in [4.69, 9.17) is 15.0 Å². The van der Waals surface area contributed by atoms with Crippen LogP contribution in [-0.4, -0.2) is 73.9 Å². The fourth-order valence-electron chi connectivity index (χ4n) is 3.47. The molecule has 0 bridgehead atoms. The van der Waals surface area contributed by atoms with Crippen molar-refractivity contribution in [2.75, 3.05) is 51.1 Å². The van der Waals surface area contributed by atoms with Crippen LogP contribution in [0.4, 0.5) is 11.8 Å². The van der Waals surface area contributed by atoms with E-state index in [-0.39, 0.29) is 5.97 Å². The Morgan fingerprint density at radius 2 is 1.70 bits per heavy atom. The first-order valence-corrected chi connectivity index (χ1v) is 14.4. The number of carbonyl (C=O) groups is 1. The molecule has 0 unspecified atom stereocenters. The first-order valence-electron chi connectivity index (χ1n) is 12.6. The van der Waals surface area contributed by atoms with Crippen molar-refractivity contribution in [3.8, 4) is 0 Å². The van der Waals surface area contributed by atoms with Gasteiger partial charge in [-0.15, -0.1) is 0 Å². The van der Waals surface area contributed by atoms with Crippen LogP contribution in [0, 0.1) is 6.92 Å². The van der Waals surface area contributed by atoms with Gasteiger partial charge >= 0.3 is 5.97 Å². The smallest absolute Gasteiger partial charge is 0.310 e. The second-order valence-electron chi connectivity index (χ2n) is 9.26. The highest BCUT2D eigenvalue weighted by atomic mass is 32.2. The SMILES string of the molecule is CCCCCNc1nc(N)nc(C)c1Cc1ccc(CC(=O)OCCCCN(C)C)cc1.CS(=O)(=O)O.